The van der Waals surface area contributed by atoms with E-state index in [-0.39, 0.29) is 9.77 Å². The van der Waals surface area contributed by atoms with Gasteiger partial charge in [-0.3, -0.25) is 9.59 Å². The highest BCUT2D eigenvalue weighted by Gasteiger charge is 2.31. The van der Waals surface area contributed by atoms with Crippen LogP contribution in [0.15, 0.2) is 27.8 Å². The first-order chi connectivity index (χ1) is 9.81. The van der Waals surface area contributed by atoms with E-state index < -0.39 is 33.8 Å². The van der Waals surface area contributed by atoms with Crippen LogP contribution in [-0.4, -0.2) is 26.3 Å². The summed E-state index contributed by atoms with van der Waals surface area (Å²) < 4.78 is 27.0. The van der Waals surface area contributed by atoms with Gasteiger partial charge in [0.2, 0.25) is 21.8 Å². The summed E-state index contributed by atoms with van der Waals surface area (Å²) in [5.74, 6) is -1.82. The van der Waals surface area contributed by atoms with E-state index in [4.69, 9.17) is 11.5 Å². The molecule has 0 unspecified atom stereocenters. The molecule has 1 aromatic rings. The Morgan fingerprint density at radius 1 is 1.24 bits per heavy atom. The highest BCUT2D eigenvalue weighted by atomic mass is 32.2. The Hall–Kier alpha value is -1.71. The van der Waals surface area contributed by atoms with E-state index in [0.29, 0.717) is 12.8 Å². The number of hydrogen-bond acceptors (Lipinski definition) is 5. The number of primary amides is 2. The molecule has 1 aliphatic carbocycles. The molecule has 7 nitrogen and oxygen atoms in total. The van der Waals surface area contributed by atoms with Crippen molar-refractivity contribution in [3.05, 3.63) is 29.2 Å². The van der Waals surface area contributed by atoms with Gasteiger partial charge in [-0.25, -0.2) is 13.1 Å². The number of nitrogens with two attached hydrogens (primary N) is 2. The van der Waals surface area contributed by atoms with E-state index in [1.54, 1.807) is 12.2 Å². The molecule has 0 aromatic carbocycles. The lowest BCUT2D eigenvalue weighted by molar-refractivity contribution is -0.122. The van der Waals surface area contributed by atoms with Gasteiger partial charge in [0.15, 0.2) is 0 Å². The third-order valence-corrected chi connectivity index (χ3v) is 6.16. The molecular formula is C12H15N3O4S2. The van der Waals surface area contributed by atoms with Crippen LogP contribution in [0.3, 0.4) is 0 Å². The molecule has 5 N–H and O–H groups in total. The van der Waals surface area contributed by atoms with E-state index in [2.05, 4.69) is 4.72 Å². The van der Waals surface area contributed by atoms with Crippen LogP contribution in [0.2, 0.25) is 0 Å². The summed E-state index contributed by atoms with van der Waals surface area (Å²) >= 11 is 0.898. The maximum absolute atomic E-state index is 12.3. The summed E-state index contributed by atoms with van der Waals surface area (Å²) in [5, 5.41) is 1.38. The molecule has 2 amide bonds. The zero-order valence-corrected chi connectivity index (χ0v) is 12.6. The Morgan fingerprint density at radius 3 is 2.48 bits per heavy atom. The molecule has 0 bridgehead atoms. The average Bonchev–Trinajstić information content (AvgIpc) is 2.89. The molecule has 1 heterocycles. The summed E-state index contributed by atoms with van der Waals surface area (Å²) in [6.45, 7) is 0. The number of nitrogens with one attached hydrogen (secondary N) is 1. The lowest BCUT2D eigenvalue weighted by Crippen LogP contribution is -2.45. The highest BCUT2D eigenvalue weighted by Crippen LogP contribution is 2.24. The second-order valence-electron chi connectivity index (χ2n) is 4.70. The number of carbonyl (C=O) groups excluding carboxylic acids is 2. The summed E-state index contributed by atoms with van der Waals surface area (Å²) in [6.07, 6.45) is 4.40. The SMILES string of the molecule is NC(=O)c1csc(S(=O)(=O)N[C@@H]2CC=CC[C@H]2C(N)=O)c1. The van der Waals surface area contributed by atoms with Gasteiger partial charge in [-0.2, -0.15) is 0 Å². The molecular weight excluding hydrogens is 314 g/mol. The fraction of sp³-hybridized carbons (Fsp3) is 0.333. The minimum absolute atomic E-state index is 0.0194. The molecule has 1 aliphatic rings. The summed E-state index contributed by atoms with van der Waals surface area (Å²) in [7, 11) is -3.82. The fourth-order valence-corrected chi connectivity index (χ4v) is 4.58. The number of carbonyl (C=O) groups is 2. The molecule has 2 rings (SSSR count). The van der Waals surface area contributed by atoms with Crippen molar-refractivity contribution in [2.45, 2.75) is 23.1 Å². The quantitative estimate of drug-likeness (QED) is 0.653. The minimum Gasteiger partial charge on any atom is -0.369 e. The van der Waals surface area contributed by atoms with E-state index in [1.807, 2.05) is 0 Å². The van der Waals surface area contributed by atoms with Gasteiger partial charge in [-0.15, -0.1) is 11.3 Å². The molecule has 9 heteroatoms. The van der Waals surface area contributed by atoms with Crippen molar-refractivity contribution in [1.82, 2.24) is 4.72 Å². The van der Waals surface area contributed by atoms with Crippen LogP contribution in [0.25, 0.3) is 0 Å². The summed E-state index contributed by atoms with van der Waals surface area (Å²) in [4.78, 5) is 22.4. The first-order valence-electron chi connectivity index (χ1n) is 6.16. The van der Waals surface area contributed by atoms with Crippen molar-refractivity contribution in [3.8, 4) is 0 Å². The van der Waals surface area contributed by atoms with Crippen molar-refractivity contribution in [2.75, 3.05) is 0 Å². The normalized spacial score (nSPS) is 22.1. The van der Waals surface area contributed by atoms with E-state index in [9.17, 15) is 18.0 Å². The predicted octanol–water partition coefficient (Wildman–Crippen LogP) is -0.0546. The molecule has 0 saturated carbocycles. The van der Waals surface area contributed by atoms with Crippen LogP contribution in [-0.2, 0) is 14.8 Å². The maximum Gasteiger partial charge on any atom is 0.250 e. The van der Waals surface area contributed by atoms with Crippen molar-refractivity contribution in [3.63, 3.8) is 0 Å². The smallest absolute Gasteiger partial charge is 0.250 e. The Bertz CT molecular complexity index is 693. The monoisotopic (exact) mass is 329 g/mol. The van der Waals surface area contributed by atoms with Gasteiger partial charge >= 0.3 is 0 Å². The van der Waals surface area contributed by atoms with Gasteiger partial charge in [-0.05, 0) is 18.9 Å². The zero-order chi connectivity index (χ0) is 15.6. The van der Waals surface area contributed by atoms with Crippen molar-refractivity contribution in [1.29, 1.82) is 0 Å². The van der Waals surface area contributed by atoms with Gasteiger partial charge in [-0.1, -0.05) is 12.2 Å². The van der Waals surface area contributed by atoms with Gasteiger partial charge < -0.3 is 11.5 Å². The van der Waals surface area contributed by atoms with E-state index in [1.165, 1.54) is 11.4 Å². The Kier molecular flexibility index (Phi) is 4.45. The number of hydrogen-bond donors (Lipinski definition) is 3. The number of sulfonamides is 1. The predicted molar refractivity (Wildman–Crippen MR) is 78.0 cm³/mol. The Morgan fingerprint density at radius 2 is 1.90 bits per heavy atom. The second-order valence-corrected chi connectivity index (χ2v) is 7.55. The second kappa shape index (κ2) is 5.96. The van der Waals surface area contributed by atoms with Crippen LogP contribution in [0.1, 0.15) is 23.2 Å². The van der Waals surface area contributed by atoms with Gasteiger partial charge in [0.1, 0.15) is 4.21 Å². The van der Waals surface area contributed by atoms with Crippen LogP contribution in [0.4, 0.5) is 0 Å². The lowest BCUT2D eigenvalue weighted by atomic mass is 9.89. The zero-order valence-electron chi connectivity index (χ0n) is 11.0. The number of thiophene rings is 1. The maximum atomic E-state index is 12.3. The first-order valence-corrected chi connectivity index (χ1v) is 8.52. The van der Waals surface area contributed by atoms with Crippen molar-refractivity contribution >= 4 is 33.2 Å². The summed E-state index contributed by atoms with van der Waals surface area (Å²) in [6, 6.07) is 0.629. The lowest BCUT2D eigenvalue weighted by Gasteiger charge is -2.26. The fourth-order valence-electron chi connectivity index (χ4n) is 2.10. The molecule has 21 heavy (non-hydrogen) atoms. The van der Waals surface area contributed by atoms with Crippen molar-refractivity contribution in [2.24, 2.45) is 17.4 Å². The van der Waals surface area contributed by atoms with E-state index >= 15 is 0 Å². The Balaban J connectivity index is 2.21. The number of allylic oxidation sites excluding steroid dienone is 1. The molecule has 0 radical (unpaired) electrons. The topological polar surface area (TPSA) is 132 Å². The average molecular weight is 329 g/mol. The van der Waals surface area contributed by atoms with Crippen LogP contribution in [0, 0.1) is 5.92 Å². The van der Waals surface area contributed by atoms with Gasteiger partial charge in [0.25, 0.3) is 0 Å². The van der Waals surface area contributed by atoms with Crippen molar-refractivity contribution < 1.29 is 18.0 Å². The standard InChI is InChI=1S/C12H15N3O4S2/c13-11(16)7-5-10(20-6-7)21(18,19)15-9-4-2-1-3-8(9)12(14)17/h1-2,5-6,8-9,15H,3-4H2,(H2,13,16)(H2,14,17)/t8-,9-/m1/s1. The number of rotatable bonds is 5. The molecule has 0 saturated heterocycles. The molecule has 2 atom stereocenters. The molecule has 114 valence electrons. The van der Waals surface area contributed by atoms with Crippen LogP contribution in [0.5, 0.6) is 0 Å². The third-order valence-electron chi connectivity index (χ3n) is 3.23. The largest absolute Gasteiger partial charge is 0.369 e. The van der Waals surface area contributed by atoms with Crippen LogP contribution < -0.4 is 16.2 Å². The van der Waals surface area contributed by atoms with E-state index in [0.717, 1.165) is 11.3 Å². The number of amides is 2. The highest BCUT2D eigenvalue weighted by molar-refractivity contribution is 7.91. The molecule has 0 aliphatic heterocycles. The molecule has 0 spiro atoms. The third kappa shape index (κ3) is 3.49. The van der Waals surface area contributed by atoms with Gasteiger partial charge in [0.05, 0.1) is 11.5 Å². The molecule has 1 aromatic heterocycles. The Labute approximate surface area is 126 Å². The van der Waals surface area contributed by atoms with Crippen LogP contribution >= 0.6 is 11.3 Å². The van der Waals surface area contributed by atoms with Gasteiger partial charge in [0, 0.05) is 11.4 Å². The minimum atomic E-state index is -3.82. The summed E-state index contributed by atoms with van der Waals surface area (Å²) in [5.41, 5.74) is 10.5. The molecule has 0 fully saturated rings. The first kappa shape index (κ1) is 15.7.